The number of rotatable bonds is 52. The smallest absolute Gasteiger partial charge is 0.249 e. The molecule has 0 aromatic heterocycles. The molecule has 3 unspecified atom stereocenters. The number of nitrogens with one attached hydrogen (secondary N) is 1. The average Bonchev–Trinajstić information content (AvgIpc) is 3.26. The lowest BCUT2D eigenvalue weighted by Gasteiger charge is -2.23. The number of hydrogen-bond acceptors (Lipinski definition) is 4. The Morgan fingerprint density at radius 1 is 0.377 bits per heavy atom. The SMILES string of the molecule is CCCCCCCCCCCCCC/C=C\CCCCCCCCCCCCCCCCCCC(O)C(=O)NC(CO)C(O)CCCCCCCCCCCCCCCCC. The zero-order valence-electron chi connectivity index (χ0n) is 41.6. The molecule has 0 heterocycles. The van der Waals surface area contributed by atoms with Gasteiger partial charge >= 0.3 is 0 Å². The highest BCUT2D eigenvalue weighted by atomic mass is 16.3. The van der Waals surface area contributed by atoms with Crippen molar-refractivity contribution in [1.29, 1.82) is 0 Å². The summed E-state index contributed by atoms with van der Waals surface area (Å²) in [7, 11) is 0. The molecule has 0 rings (SSSR count). The van der Waals surface area contributed by atoms with Crippen molar-refractivity contribution >= 4 is 5.91 Å². The van der Waals surface area contributed by atoms with Crippen LogP contribution in [0.3, 0.4) is 0 Å². The van der Waals surface area contributed by atoms with Crippen LogP contribution in [0, 0.1) is 0 Å². The molecule has 3 atom stereocenters. The Morgan fingerprint density at radius 3 is 0.902 bits per heavy atom. The Labute approximate surface area is 382 Å². The highest BCUT2D eigenvalue weighted by Crippen LogP contribution is 2.18. The van der Waals surface area contributed by atoms with Crippen LogP contribution in [0.25, 0.3) is 0 Å². The van der Waals surface area contributed by atoms with E-state index in [0.717, 1.165) is 32.1 Å². The monoisotopic (exact) mass is 862 g/mol. The van der Waals surface area contributed by atoms with Gasteiger partial charge in [0, 0.05) is 0 Å². The van der Waals surface area contributed by atoms with Gasteiger partial charge in [0.1, 0.15) is 6.10 Å². The summed E-state index contributed by atoms with van der Waals surface area (Å²) in [6.45, 7) is 4.26. The van der Waals surface area contributed by atoms with E-state index in [2.05, 4.69) is 31.3 Å². The quantitative estimate of drug-likeness (QED) is 0.0362. The van der Waals surface area contributed by atoms with Crippen molar-refractivity contribution in [2.24, 2.45) is 0 Å². The molecule has 0 aliphatic carbocycles. The summed E-state index contributed by atoms with van der Waals surface area (Å²) in [5, 5.41) is 33.5. The second-order valence-electron chi connectivity index (χ2n) is 19.5. The van der Waals surface area contributed by atoms with Gasteiger partial charge in [-0.2, -0.15) is 0 Å². The number of allylic oxidation sites excluding steroid dienone is 2. The molecule has 5 nitrogen and oxygen atoms in total. The van der Waals surface area contributed by atoms with Crippen molar-refractivity contribution in [2.75, 3.05) is 6.61 Å². The lowest BCUT2D eigenvalue weighted by Crippen LogP contribution is -2.49. The van der Waals surface area contributed by atoms with E-state index < -0.39 is 24.2 Å². The number of amides is 1. The number of aliphatic hydroxyl groups is 3. The van der Waals surface area contributed by atoms with Crippen LogP contribution >= 0.6 is 0 Å². The molecule has 0 bridgehead atoms. The molecule has 364 valence electrons. The van der Waals surface area contributed by atoms with Gasteiger partial charge < -0.3 is 20.6 Å². The van der Waals surface area contributed by atoms with E-state index >= 15 is 0 Å². The molecule has 5 heteroatoms. The maximum atomic E-state index is 12.5. The molecule has 0 aliphatic heterocycles. The molecule has 0 aromatic carbocycles. The molecule has 1 amide bonds. The number of hydrogen-bond donors (Lipinski definition) is 4. The Balaban J connectivity index is 3.47. The number of carbonyl (C=O) groups is 1. The molecule has 0 aliphatic rings. The molecule has 0 fully saturated rings. The summed E-state index contributed by atoms with van der Waals surface area (Å²) >= 11 is 0. The largest absolute Gasteiger partial charge is 0.394 e. The fourth-order valence-corrected chi connectivity index (χ4v) is 9.01. The molecule has 4 N–H and O–H groups in total. The Hall–Kier alpha value is -0.910. The van der Waals surface area contributed by atoms with E-state index in [9.17, 15) is 20.1 Å². The molecular formula is C56H111NO4. The van der Waals surface area contributed by atoms with Crippen molar-refractivity contribution in [1.82, 2.24) is 5.32 Å². The molecule has 0 saturated heterocycles. The van der Waals surface area contributed by atoms with Crippen LogP contribution in [0.1, 0.15) is 316 Å². The molecular weight excluding hydrogens is 751 g/mol. The Morgan fingerprint density at radius 2 is 0.623 bits per heavy atom. The van der Waals surface area contributed by atoms with Gasteiger partial charge in [0.25, 0.3) is 0 Å². The second-order valence-corrected chi connectivity index (χ2v) is 19.5. The average molecular weight is 863 g/mol. The minimum atomic E-state index is -1.07. The van der Waals surface area contributed by atoms with E-state index in [-0.39, 0.29) is 6.61 Å². The van der Waals surface area contributed by atoms with Gasteiger partial charge in [-0.05, 0) is 38.5 Å². The van der Waals surface area contributed by atoms with Crippen molar-refractivity contribution < 1.29 is 20.1 Å². The minimum Gasteiger partial charge on any atom is -0.394 e. The normalized spacial score (nSPS) is 13.3. The fourth-order valence-electron chi connectivity index (χ4n) is 9.01. The van der Waals surface area contributed by atoms with Gasteiger partial charge in [0.05, 0.1) is 18.8 Å². The second kappa shape index (κ2) is 51.7. The Bertz CT molecular complexity index is 864. The topological polar surface area (TPSA) is 89.8 Å². The van der Waals surface area contributed by atoms with Crippen molar-refractivity contribution in [3.8, 4) is 0 Å². The predicted octanol–water partition coefficient (Wildman–Crippen LogP) is 17.1. The molecule has 61 heavy (non-hydrogen) atoms. The lowest BCUT2D eigenvalue weighted by atomic mass is 10.0. The lowest BCUT2D eigenvalue weighted by molar-refractivity contribution is -0.131. The van der Waals surface area contributed by atoms with Crippen LogP contribution in [0.4, 0.5) is 0 Å². The summed E-state index contributed by atoms with van der Waals surface area (Å²) in [4.78, 5) is 12.5. The van der Waals surface area contributed by atoms with Gasteiger partial charge in [-0.25, -0.2) is 0 Å². The van der Waals surface area contributed by atoms with E-state index in [1.54, 1.807) is 0 Å². The van der Waals surface area contributed by atoms with Crippen LogP contribution in [0.15, 0.2) is 12.2 Å². The number of aliphatic hydroxyl groups excluding tert-OH is 3. The van der Waals surface area contributed by atoms with Crippen LogP contribution in [-0.4, -0.2) is 46.1 Å². The maximum absolute atomic E-state index is 12.5. The number of unbranched alkanes of at least 4 members (excludes halogenated alkanes) is 42. The van der Waals surface area contributed by atoms with Crippen molar-refractivity contribution in [3.05, 3.63) is 12.2 Å². The van der Waals surface area contributed by atoms with Gasteiger partial charge in [-0.15, -0.1) is 0 Å². The third-order valence-electron chi connectivity index (χ3n) is 13.4. The minimum absolute atomic E-state index is 0.309. The van der Waals surface area contributed by atoms with Crippen LogP contribution < -0.4 is 5.32 Å². The van der Waals surface area contributed by atoms with Gasteiger partial charge in [-0.1, -0.05) is 289 Å². The summed E-state index contributed by atoms with van der Waals surface area (Å²) in [6, 6.07) is -0.708. The van der Waals surface area contributed by atoms with E-state index in [4.69, 9.17) is 0 Å². The summed E-state index contributed by atoms with van der Waals surface area (Å²) in [5.74, 6) is -0.465. The van der Waals surface area contributed by atoms with E-state index in [0.29, 0.717) is 12.8 Å². The highest BCUT2D eigenvalue weighted by molar-refractivity contribution is 5.80. The number of carbonyl (C=O) groups excluding carboxylic acids is 1. The first-order valence-corrected chi connectivity index (χ1v) is 28.0. The first kappa shape index (κ1) is 60.1. The third kappa shape index (κ3) is 46.9. The predicted molar refractivity (Wildman–Crippen MR) is 269 cm³/mol. The van der Waals surface area contributed by atoms with Gasteiger partial charge in [-0.3, -0.25) is 4.79 Å². The highest BCUT2D eigenvalue weighted by Gasteiger charge is 2.23. The van der Waals surface area contributed by atoms with Crippen LogP contribution in [-0.2, 0) is 4.79 Å². The molecule has 0 saturated carbocycles. The molecule has 0 radical (unpaired) electrons. The first-order chi connectivity index (χ1) is 30.1. The zero-order chi connectivity index (χ0) is 44.4. The zero-order valence-corrected chi connectivity index (χ0v) is 41.6. The standard InChI is InChI=1S/C56H111NO4/c1-3-5-7-9-11-13-15-17-19-20-21-22-23-24-25-26-27-28-29-30-31-32-33-34-35-37-39-41-43-45-47-49-51-55(60)56(61)57-53(52-58)54(59)50-48-46-44-42-40-38-36-18-16-14-12-10-8-6-4-2/h24-25,53-55,58-60H,3-23,26-52H2,1-2H3,(H,57,61)/b25-24-. The Kier molecular flexibility index (Phi) is 51.0. The van der Waals surface area contributed by atoms with E-state index in [1.807, 2.05) is 0 Å². The van der Waals surface area contributed by atoms with Crippen LogP contribution in [0.2, 0.25) is 0 Å². The van der Waals surface area contributed by atoms with Crippen molar-refractivity contribution in [3.63, 3.8) is 0 Å². The van der Waals surface area contributed by atoms with E-state index in [1.165, 1.54) is 257 Å². The fraction of sp³-hybridized carbons (Fsp3) is 0.946. The van der Waals surface area contributed by atoms with Gasteiger partial charge in [0.2, 0.25) is 5.91 Å². The van der Waals surface area contributed by atoms with Crippen LogP contribution in [0.5, 0.6) is 0 Å². The first-order valence-electron chi connectivity index (χ1n) is 28.0. The summed E-state index contributed by atoms with van der Waals surface area (Å²) in [6.07, 6.45) is 64.1. The van der Waals surface area contributed by atoms with Crippen molar-refractivity contribution in [2.45, 2.75) is 334 Å². The summed E-state index contributed by atoms with van der Waals surface area (Å²) < 4.78 is 0. The third-order valence-corrected chi connectivity index (χ3v) is 13.4. The maximum Gasteiger partial charge on any atom is 0.249 e. The molecule has 0 spiro atoms. The molecule has 0 aromatic rings. The van der Waals surface area contributed by atoms with Gasteiger partial charge in [0.15, 0.2) is 0 Å². The summed E-state index contributed by atoms with van der Waals surface area (Å²) in [5.41, 5.74) is 0.